The monoisotopic (exact) mass is 1550 g/mol. The molecule has 0 radical (unpaired) electrons. The van der Waals surface area contributed by atoms with Gasteiger partial charge in [0.05, 0.1) is 30.3 Å². The number of hydrogen-bond donors (Lipinski definition) is 4. The lowest BCUT2D eigenvalue weighted by Crippen LogP contribution is -2.39. The van der Waals surface area contributed by atoms with E-state index in [0.717, 1.165) is 61.7 Å². The standard InChI is InChI=1S/C11H23O6P.C11H21O6P.C11H23O5P.C9H17Cl.C9H18O.C9H14O.C8H16O2.C8H14O2/c2*1-6-10(12)8(2)9(3)11(13)7-17-18(14,15-4)16-5;1-6-10-8(2)9(3)11(12,16-10)7-17(13,14-4)15-5;3*1-4-8-5-9(10)7(3)6(8)2;2*1-4-7-5(2)6(3)8(9)10-7/h8-10,12H,6-7H2,1-5H3;8-9H,6-7H2,1-5H3;8-10,12H,6-7H2,1-5H3;6-9H,4-5H2,1-3H3;6-10H,4-5H2,1-3H3;5-7H,4H2,1-3H3;5-9H,4H2,1-3H3;5-7H,4H2,1-3H3/t8?,9?,10-;;8?,9?,10-,11-;2*6?,7?,8-,9-;;5?,6?,7-,8?;5?,6?,7-/m1.111.11/s1. The number of aliphatic hydroxyl groups excluding tert-OH is 3. The number of hydrogen-bond acceptors (Lipinski definition) is 23. The second kappa shape index (κ2) is 50.3. The molecule has 2 saturated carbocycles. The Balaban J connectivity index is 0. The molecule has 27 heteroatoms. The van der Waals surface area contributed by atoms with Crippen molar-refractivity contribution in [2.75, 3.05) is 62.0 Å². The van der Waals surface area contributed by atoms with E-state index in [4.69, 9.17) is 43.9 Å². The number of phosphoric ester groups is 2. The van der Waals surface area contributed by atoms with Gasteiger partial charge in [0.15, 0.2) is 29.4 Å². The van der Waals surface area contributed by atoms with Crippen molar-refractivity contribution in [3.8, 4) is 0 Å². The lowest BCUT2D eigenvalue weighted by Gasteiger charge is -2.29. The van der Waals surface area contributed by atoms with Crippen LogP contribution in [0.5, 0.6) is 0 Å². The van der Waals surface area contributed by atoms with E-state index in [1.165, 1.54) is 67.5 Å². The van der Waals surface area contributed by atoms with Gasteiger partial charge in [-0.1, -0.05) is 185 Å². The highest BCUT2D eigenvalue weighted by molar-refractivity contribution is 7.53. The van der Waals surface area contributed by atoms with Crippen LogP contribution in [0.2, 0.25) is 0 Å². The third-order valence-corrected chi connectivity index (χ3v) is 29.1. The Hall–Kier alpha value is -1.69. The Bertz CT molecular complexity index is 2540. The molecule has 3 aliphatic heterocycles. The second-order valence-electron chi connectivity index (χ2n) is 29.4. The number of halogens is 1. The molecule has 0 amide bonds. The predicted octanol–water partition coefficient (Wildman–Crippen LogP) is 17.0. The number of rotatable bonds is 28. The zero-order chi connectivity index (χ0) is 80.6. The highest BCUT2D eigenvalue weighted by atomic mass is 35.5. The molecule has 4 N–H and O–H groups in total. The molecule has 5 fully saturated rings. The molecule has 0 aromatic rings. The number of carbonyl (C=O) groups is 5. The number of aliphatic hydroxyl groups is 4. The van der Waals surface area contributed by atoms with E-state index >= 15 is 0 Å². The SMILES string of the molecule is CCC(=O)C(C)C(C)C(=O)COP(=O)(OC)OC.CCC1=CC(=O)C(C)C1C.CC[C@@H](O)C(C)C(C)C(=O)COP(=O)(OC)OC.CC[C@@H]1C[C@@H](Cl)C(C)C1C.CC[C@@H]1C[C@@H](O)C(C)C1C.CC[C@H]1OC(=O)C(C)C1C.CC[C@H]1OC(O)C(C)C1C.CC[C@H]1O[C@](O)(CP(=O)(OC)OC)C(C)C1C. The van der Waals surface area contributed by atoms with Crippen LogP contribution in [-0.4, -0.2) is 160 Å². The maximum atomic E-state index is 12.1. The Labute approximate surface area is 628 Å². The maximum absolute atomic E-state index is 12.1. The number of carbonyl (C=O) groups excluding carboxylic acids is 5. The van der Waals surface area contributed by atoms with Crippen LogP contribution < -0.4 is 0 Å². The van der Waals surface area contributed by atoms with Crippen molar-refractivity contribution in [1.29, 1.82) is 0 Å². The summed E-state index contributed by atoms with van der Waals surface area (Å²) in [5, 5.41) is 39.3. The smallest absolute Gasteiger partial charge is 0.462 e. The fourth-order valence-corrected chi connectivity index (χ4v) is 16.5. The van der Waals surface area contributed by atoms with E-state index in [2.05, 4.69) is 94.3 Å². The van der Waals surface area contributed by atoms with Crippen molar-refractivity contribution >= 4 is 63.9 Å². The van der Waals surface area contributed by atoms with Gasteiger partial charge >= 0.3 is 29.2 Å². The number of allylic oxidation sites excluding steroid dienone is 2. The van der Waals surface area contributed by atoms with E-state index in [-0.39, 0.29) is 102 Å². The van der Waals surface area contributed by atoms with Crippen molar-refractivity contribution in [2.45, 2.75) is 278 Å². The minimum atomic E-state index is -3.64. The summed E-state index contributed by atoms with van der Waals surface area (Å²) in [6, 6.07) is 0. The van der Waals surface area contributed by atoms with Gasteiger partial charge in [-0.25, -0.2) is 9.13 Å². The molecular weight excluding hydrogens is 1410 g/mol. The quantitative estimate of drug-likeness (QED) is 0.0321. The molecule has 0 aromatic carbocycles. The van der Waals surface area contributed by atoms with Crippen molar-refractivity contribution in [3.63, 3.8) is 0 Å². The van der Waals surface area contributed by atoms with Crippen LogP contribution in [0.3, 0.4) is 0 Å². The van der Waals surface area contributed by atoms with Crippen LogP contribution in [0, 0.1) is 107 Å². The van der Waals surface area contributed by atoms with Crippen LogP contribution in [0.15, 0.2) is 11.6 Å². The van der Waals surface area contributed by atoms with Crippen LogP contribution in [0.4, 0.5) is 0 Å². The summed E-state index contributed by atoms with van der Waals surface area (Å²) < 4.78 is 88.8. The third kappa shape index (κ3) is 32.3. The highest BCUT2D eigenvalue weighted by Crippen LogP contribution is 2.54. The summed E-state index contributed by atoms with van der Waals surface area (Å²) in [5.74, 6) is 3.46. The summed E-state index contributed by atoms with van der Waals surface area (Å²) in [4.78, 5) is 57.1. The Morgan fingerprint density at radius 1 is 0.553 bits per heavy atom. The largest absolute Gasteiger partial charge is 0.474 e. The molecule has 3 saturated heterocycles. The van der Waals surface area contributed by atoms with E-state index in [1.807, 2.05) is 61.5 Å². The maximum Gasteiger partial charge on any atom is 0.474 e. The second-order valence-corrected chi connectivity index (χ2v) is 36.0. The zero-order valence-electron chi connectivity index (χ0n) is 69.0. The first-order chi connectivity index (χ1) is 47.8. The van der Waals surface area contributed by atoms with Gasteiger partial charge in [0.2, 0.25) is 0 Å². The summed E-state index contributed by atoms with van der Waals surface area (Å²) >= 11 is 6.13. The normalized spacial score (nSPS) is 33.1. The molecular formula is C76H146ClO23P3. The first kappa shape index (κ1) is 103. The molecule has 23 nitrogen and oxygen atoms in total. The van der Waals surface area contributed by atoms with Gasteiger partial charge in [0.1, 0.15) is 31.3 Å². The fraction of sp³-hybridized carbons (Fsp3) is 0.908. The average Bonchev–Trinajstić information content (AvgIpc) is 1.64. The number of phosphoric acid groups is 2. The van der Waals surface area contributed by atoms with Gasteiger partial charge in [-0.3, -0.25) is 55.7 Å². The third-order valence-electron chi connectivity index (χ3n) is 23.8. The minimum Gasteiger partial charge on any atom is -0.462 e. The van der Waals surface area contributed by atoms with Gasteiger partial charge < -0.3 is 43.7 Å². The predicted molar refractivity (Wildman–Crippen MR) is 407 cm³/mol. The summed E-state index contributed by atoms with van der Waals surface area (Å²) in [7, 11) is -3.20. The first-order valence-corrected chi connectivity index (χ1v) is 43.0. The molecule has 17 unspecified atom stereocenters. The molecule has 3 aliphatic carbocycles. The number of alkyl halides is 1. The summed E-state index contributed by atoms with van der Waals surface area (Å²) in [5.41, 5.74) is 1.32. The number of esters is 1. The van der Waals surface area contributed by atoms with E-state index in [0.29, 0.717) is 53.6 Å². The molecule has 0 spiro atoms. The van der Waals surface area contributed by atoms with Crippen molar-refractivity contribution in [3.05, 3.63) is 11.6 Å². The average molecular weight is 1560 g/mol. The summed E-state index contributed by atoms with van der Waals surface area (Å²) in [6.45, 7) is 47.7. The Morgan fingerprint density at radius 3 is 1.26 bits per heavy atom. The Kier molecular flexibility index (Phi) is 50.4. The van der Waals surface area contributed by atoms with Gasteiger partial charge in [-0.2, -0.15) is 0 Å². The van der Waals surface area contributed by atoms with Gasteiger partial charge in [0.25, 0.3) is 0 Å². The highest BCUT2D eigenvalue weighted by Gasteiger charge is 2.53. The van der Waals surface area contributed by atoms with Crippen molar-refractivity contribution in [2.24, 2.45) is 107 Å². The van der Waals surface area contributed by atoms with Crippen LogP contribution in [0.25, 0.3) is 0 Å². The molecule has 0 bridgehead atoms. The lowest BCUT2D eigenvalue weighted by atomic mass is 9.87. The molecule has 26 atom stereocenters. The number of cyclic esters (lactones) is 1. The Morgan fingerprint density at radius 2 is 1.00 bits per heavy atom. The minimum absolute atomic E-state index is 0.0116. The van der Waals surface area contributed by atoms with E-state index < -0.39 is 53.9 Å². The fourth-order valence-electron chi connectivity index (χ4n) is 13.5. The zero-order valence-corrected chi connectivity index (χ0v) is 72.4. The van der Waals surface area contributed by atoms with Gasteiger partial charge in [-0.15, -0.1) is 11.6 Å². The molecule has 103 heavy (non-hydrogen) atoms. The summed E-state index contributed by atoms with van der Waals surface area (Å²) in [6.07, 6.45) is 10.5. The van der Waals surface area contributed by atoms with Gasteiger partial charge in [0, 0.05) is 95.9 Å². The molecule has 3 heterocycles. The number of ketones is 4. The lowest BCUT2D eigenvalue weighted by molar-refractivity contribution is -0.194. The van der Waals surface area contributed by atoms with Crippen LogP contribution in [0.1, 0.15) is 230 Å². The molecule has 610 valence electrons. The van der Waals surface area contributed by atoms with Gasteiger partial charge in [-0.05, 0) is 110 Å². The molecule has 6 aliphatic rings. The molecule has 6 rings (SSSR count). The first-order valence-electron chi connectivity index (χ1n) is 37.9. The topological polar surface area (TPSA) is 319 Å². The molecule has 0 aromatic heterocycles. The number of ether oxygens (including phenoxy) is 3. The van der Waals surface area contributed by atoms with Crippen molar-refractivity contribution in [1.82, 2.24) is 0 Å². The van der Waals surface area contributed by atoms with E-state index in [1.54, 1.807) is 34.6 Å². The number of Topliss-reactive ketones (excluding diaryl/α,β-unsaturated/α-hetero) is 3. The van der Waals surface area contributed by atoms with E-state index in [9.17, 15) is 58.1 Å². The van der Waals surface area contributed by atoms with Crippen LogP contribution in [-0.2, 0) is 88.1 Å². The van der Waals surface area contributed by atoms with Crippen molar-refractivity contribution < 1.29 is 108 Å². The van der Waals surface area contributed by atoms with Crippen LogP contribution >= 0.6 is 34.8 Å².